The van der Waals surface area contributed by atoms with Gasteiger partial charge >= 0.3 is 0 Å². The second kappa shape index (κ2) is 10.3. The molecule has 184 valence electrons. The minimum Gasteiger partial charge on any atom is -0.336 e. The van der Waals surface area contributed by atoms with Crippen molar-refractivity contribution in [1.29, 1.82) is 0 Å². The highest BCUT2D eigenvalue weighted by molar-refractivity contribution is 7.08. The van der Waals surface area contributed by atoms with Crippen LogP contribution >= 0.6 is 11.3 Å². The molecule has 1 amide bonds. The van der Waals surface area contributed by atoms with Crippen LogP contribution in [0.1, 0.15) is 33.1 Å². The van der Waals surface area contributed by atoms with Gasteiger partial charge in [0.05, 0.1) is 22.8 Å². The van der Waals surface area contributed by atoms with Crippen molar-refractivity contribution in [2.24, 2.45) is 0 Å². The van der Waals surface area contributed by atoms with E-state index in [0.29, 0.717) is 13.1 Å². The van der Waals surface area contributed by atoms with Crippen LogP contribution in [0.25, 0.3) is 22.2 Å². The lowest BCUT2D eigenvalue weighted by Gasteiger charge is -2.40. The summed E-state index contributed by atoms with van der Waals surface area (Å²) in [5.74, 6) is 0.0881. The zero-order chi connectivity index (χ0) is 25.2. The Kier molecular flexibility index (Phi) is 6.56. The summed E-state index contributed by atoms with van der Waals surface area (Å²) in [7, 11) is 0. The van der Waals surface area contributed by atoms with Crippen LogP contribution in [-0.2, 0) is 0 Å². The summed E-state index contributed by atoms with van der Waals surface area (Å²) in [6, 6.07) is 31.7. The Bertz CT molecular complexity index is 1470. The topological polar surface area (TPSA) is 36.4 Å². The average Bonchev–Trinajstić information content (AvgIpc) is 3.49. The van der Waals surface area contributed by atoms with Crippen molar-refractivity contribution in [3.05, 3.63) is 124 Å². The molecular formula is C32H29N3OS. The van der Waals surface area contributed by atoms with E-state index in [1.165, 1.54) is 11.1 Å². The molecule has 4 nitrogen and oxygen atoms in total. The zero-order valence-corrected chi connectivity index (χ0v) is 21.7. The second-order valence-electron chi connectivity index (χ2n) is 9.64. The van der Waals surface area contributed by atoms with Gasteiger partial charge in [0.25, 0.3) is 5.91 Å². The molecule has 0 spiro atoms. The smallest absolute Gasteiger partial charge is 0.254 e. The maximum Gasteiger partial charge on any atom is 0.254 e. The number of hydrogen-bond donors (Lipinski definition) is 0. The Labute approximate surface area is 221 Å². The molecule has 1 aliphatic rings. The Balaban J connectivity index is 1.29. The third-order valence-electron chi connectivity index (χ3n) is 7.21. The lowest BCUT2D eigenvalue weighted by Crippen LogP contribution is -2.49. The van der Waals surface area contributed by atoms with Crippen molar-refractivity contribution >= 4 is 28.1 Å². The van der Waals surface area contributed by atoms with Crippen LogP contribution in [0.5, 0.6) is 0 Å². The first-order chi connectivity index (χ1) is 18.2. The minimum absolute atomic E-state index is 0.0881. The molecule has 37 heavy (non-hydrogen) atoms. The van der Waals surface area contributed by atoms with Crippen molar-refractivity contribution in [3.8, 4) is 11.3 Å². The molecule has 0 unspecified atom stereocenters. The summed E-state index contributed by atoms with van der Waals surface area (Å²) in [5.41, 5.74) is 7.21. The van der Waals surface area contributed by atoms with Gasteiger partial charge in [-0.05, 0) is 47.7 Å². The number of rotatable bonds is 5. The number of carbonyl (C=O) groups excluding carboxylic acids is 1. The number of fused-ring (bicyclic) bond motifs is 1. The fourth-order valence-electron chi connectivity index (χ4n) is 5.31. The lowest BCUT2D eigenvalue weighted by atomic mass is 9.96. The van der Waals surface area contributed by atoms with E-state index < -0.39 is 0 Å². The molecule has 5 heteroatoms. The molecule has 0 saturated carbocycles. The third kappa shape index (κ3) is 4.80. The number of thiophene rings is 1. The largest absolute Gasteiger partial charge is 0.336 e. The van der Waals surface area contributed by atoms with Crippen molar-refractivity contribution in [2.45, 2.75) is 13.0 Å². The van der Waals surface area contributed by atoms with E-state index in [2.05, 4.69) is 96.1 Å². The van der Waals surface area contributed by atoms with Gasteiger partial charge in [-0.15, -0.1) is 0 Å². The molecule has 3 heterocycles. The molecule has 2 aromatic heterocycles. The van der Waals surface area contributed by atoms with E-state index in [9.17, 15) is 4.79 Å². The van der Waals surface area contributed by atoms with Gasteiger partial charge in [0.15, 0.2) is 0 Å². The summed E-state index contributed by atoms with van der Waals surface area (Å²) in [4.78, 5) is 23.3. The van der Waals surface area contributed by atoms with Gasteiger partial charge < -0.3 is 4.90 Å². The predicted molar refractivity (Wildman–Crippen MR) is 152 cm³/mol. The van der Waals surface area contributed by atoms with Gasteiger partial charge in [-0.3, -0.25) is 9.69 Å². The molecule has 1 aliphatic heterocycles. The normalized spacial score (nSPS) is 14.4. The quantitative estimate of drug-likeness (QED) is 0.264. The number of nitrogens with zero attached hydrogens (tertiary/aromatic N) is 3. The highest BCUT2D eigenvalue weighted by atomic mass is 32.1. The molecule has 0 radical (unpaired) electrons. The van der Waals surface area contributed by atoms with Crippen LogP contribution in [0.4, 0.5) is 0 Å². The van der Waals surface area contributed by atoms with Crippen LogP contribution in [-0.4, -0.2) is 46.9 Å². The molecular weight excluding hydrogens is 474 g/mol. The van der Waals surface area contributed by atoms with E-state index in [1.54, 1.807) is 11.3 Å². The number of aryl methyl sites for hydroxylation is 1. The Morgan fingerprint density at radius 2 is 1.51 bits per heavy atom. The van der Waals surface area contributed by atoms with Gasteiger partial charge in [-0.1, -0.05) is 72.3 Å². The maximum atomic E-state index is 13.9. The van der Waals surface area contributed by atoms with Crippen molar-refractivity contribution in [3.63, 3.8) is 0 Å². The highest BCUT2D eigenvalue weighted by Crippen LogP contribution is 2.31. The van der Waals surface area contributed by atoms with Crippen LogP contribution in [0.3, 0.4) is 0 Å². The molecule has 1 fully saturated rings. The first-order valence-electron chi connectivity index (χ1n) is 12.7. The molecule has 5 aromatic rings. The van der Waals surface area contributed by atoms with Crippen LogP contribution in [0, 0.1) is 6.92 Å². The SMILES string of the molecule is Cc1ccc2nc(-c3ccsc3)cc(C(=O)N3CCN(C(c4ccccc4)c4ccccc4)CC3)c2c1. The summed E-state index contributed by atoms with van der Waals surface area (Å²) in [6.45, 7) is 5.09. The van der Waals surface area contributed by atoms with E-state index in [4.69, 9.17) is 4.98 Å². The standard InChI is InChI=1S/C32H29N3OS/c1-23-12-13-29-27(20-23)28(21-30(33-29)26-14-19-37-22-26)32(36)35-17-15-34(16-18-35)31(24-8-4-2-5-9-24)25-10-6-3-7-11-25/h2-14,19-22,31H,15-18H2,1H3. The second-order valence-corrected chi connectivity index (χ2v) is 10.4. The van der Waals surface area contributed by atoms with E-state index >= 15 is 0 Å². The Morgan fingerprint density at radius 3 is 2.14 bits per heavy atom. The Morgan fingerprint density at radius 1 is 0.838 bits per heavy atom. The number of piperazine rings is 1. The number of hydrogen-bond acceptors (Lipinski definition) is 4. The predicted octanol–water partition coefficient (Wildman–Crippen LogP) is 6.82. The van der Waals surface area contributed by atoms with Gasteiger partial charge in [0.1, 0.15) is 0 Å². The monoisotopic (exact) mass is 503 g/mol. The molecule has 6 rings (SSSR count). The van der Waals surface area contributed by atoms with Crippen LogP contribution in [0.2, 0.25) is 0 Å². The summed E-state index contributed by atoms with van der Waals surface area (Å²) < 4.78 is 0. The van der Waals surface area contributed by atoms with Crippen molar-refractivity contribution in [2.75, 3.05) is 26.2 Å². The molecule has 0 atom stereocenters. The van der Waals surface area contributed by atoms with Crippen LogP contribution in [0.15, 0.2) is 102 Å². The maximum absolute atomic E-state index is 13.9. The van der Waals surface area contributed by atoms with Crippen molar-refractivity contribution in [1.82, 2.24) is 14.8 Å². The lowest BCUT2D eigenvalue weighted by molar-refractivity contribution is 0.0599. The van der Waals surface area contributed by atoms with Gasteiger partial charge in [-0.25, -0.2) is 4.98 Å². The number of pyridine rings is 1. The van der Waals surface area contributed by atoms with E-state index in [0.717, 1.165) is 46.4 Å². The van der Waals surface area contributed by atoms with E-state index in [-0.39, 0.29) is 11.9 Å². The van der Waals surface area contributed by atoms with Gasteiger partial charge in [0.2, 0.25) is 0 Å². The molecule has 0 N–H and O–H groups in total. The first kappa shape index (κ1) is 23.6. The van der Waals surface area contributed by atoms with Crippen LogP contribution < -0.4 is 0 Å². The Hall–Kier alpha value is -3.80. The first-order valence-corrected chi connectivity index (χ1v) is 13.7. The number of aromatic nitrogens is 1. The fraction of sp³-hybridized carbons (Fsp3) is 0.188. The highest BCUT2D eigenvalue weighted by Gasteiger charge is 2.29. The number of benzene rings is 3. The number of amides is 1. The third-order valence-corrected chi connectivity index (χ3v) is 7.89. The fourth-order valence-corrected chi connectivity index (χ4v) is 5.96. The molecule has 0 aliphatic carbocycles. The average molecular weight is 504 g/mol. The minimum atomic E-state index is 0.0881. The van der Waals surface area contributed by atoms with Gasteiger partial charge in [0, 0.05) is 42.5 Å². The number of carbonyl (C=O) groups is 1. The zero-order valence-electron chi connectivity index (χ0n) is 20.9. The molecule has 1 saturated heterocycles. The van der Waals surface area contributed by atoms with Gasteiger partial charge in [-0.2, -0.15) is 11.3 Å². The van der Waals surface area contributed by atoms with Crippen molar-refractivity contribution < 1.29 is 4.79 Å². The molecule has 3 aromatic carbocycles. The summed E-state index contributed by atoms with van der Waals surface area (Å²) in [6.07, 6.45) is 0. The summed E-state index contributed by atoms with van der Waals surface area (Å²) >= 11 is 1.64. The molecule has 0 bridgehead atoms. The van der Waals surface area contributed by atoms with E-state index in [1.807, 2.05) is 22.4 Å². The summed E-state index contributed by atoms with van der Waals surface area (Å²) in [5, 5.41) is 5.06.